The van der Waals surface area contributed by atoms with Crippen LogP contribution in [0.4, 0.5) is 0 Å². The summed E-state index contributed by atoms with van der Waals surface area (Å²) in [5, 5.41) is 0.985. The highest BCUT2D eigenvalue weighted by Gasteiger charge is 2.49. The molecular weight excluding hydrogens is 537 g/mol. The summed E-state index contributed by atoms with van der Waals surface area (Å²) in [7, 11) is 3.22. The topological polar surface area (TPSA) is 70.2 Å². The number of esters is 1. The third kappa shape index (κ3) is 6.76. The molecule has 2 aliphatic heterocycles. The van der Waals surface area contributed by atoms with Crippen molar-refractivity contribution in [3.8, 4) is 0 Å². The van der Waals surface area contributed by atoms with E-state index < -0.39 is 5.54 Å². The Bertz CT molecular complexity index is 1170. The highest BCUT2D eigenvalue weighted by atomic mass is 35.5. The first-order valence-electron chi connectivity index (χ1n) is 13.6. The molecule has 39 heavy (non-hydrogen) atoms. The van der Waals surface area contributed by atoms with Gasteiger partial charge in [0.05, 0.1) is 17.2 Å². The number of nitrogens with zero attached hydrogens (tertiary/aromatic N) is 3. The van der Waals surface area contributed by atoms with E-state index in [0.29, 0.717) is 61.1 Å². The number of hydrogen-bond acceptors (Lipinski definition) is 5. The monoisotopic (exact) mass is 573 g/mol. The van der Waals surface area contributed by atoms with Gasteiger partial charge in [-0.2, -0.15) is 0 Å². The number of likely N-dealkylation sites (tertiary alicyclic amines) is 2. The van der Waals surface area contributed by atoms with E-state index in [1.165, 1.54) is 7.11 Å². The average molecular weight is 575 g/mol. The minimum Gasteiger partial charge on any atom is -0.467 e. The van der Waals surface area contributed by atoms with Crippen LogP contribution in [0.2, 0.25) is 10.0 Å². The van der Waals surface area contributed by atoms with Gasteiger partial charge in [-0.05, 0) is 68.5 Å². The molecule has 0 radical (unpaired) electrons. The maximum absolute atomic E-state index is 13.1. The molecule has 7 nitrogen and oxygen atoms in total. The number of rotatable bonds is 9. The number of amides is 2. The van der Waals surface area contributed by atoms with Crippen LogP contribution in [-0.4, -0.2) is 84.9 Å². The molecule has 0 unspecified atom stereocenters. The summed E-state index contributed by atoms with van der Waals surface area (Å²) in [6, 6.07) is 14.9. The number of hydrogen-bond donors (Lipinski definition) is 0. The number of ether oxygens (including phenoxy) is 1. The lowest BCUT2D eigenvalue weighted by Crippen LogP contribution is -2.63. The Morgan fingerprint density at radius 1 is 1.03 bits per heavy atom. The molecule has 0 saturated carbocycles. The molecule has 0 N–H and O–H groups in total. The summed E-state index contributed by atoms with van der Waals surface area (Å²) < 4.78 is 5.20. The molecule has 2 amide bonds. The van der Waals surface area contributed by atoms with Gasteiger partial charge in [-0.15, -0.1) is 0 Å². The van der Waals surface area contributed by atoms with Gasteiger partial charge in [0.1, 0.15) is 5.54 Å². The first kappa shape index (κ1) is 29.4. The summed E-state index contributed by atoms with van der Waals surface area (Å²) in [5.41, 5.74) is 0.793. The second-order valence-electron chi connectivity index (χ2n) is 10.6. The fourth-order valence-corrected chi connectivity index (χ4v) is 6.17. The predicted octanol–water partition coefficient (Wildman–Crippen LogP) is 5.26. The second-order valence-corrected chi connectivity index (χ2v) is 11.4. The van der Waals surface area contributed by atoms with Gasteiger partial charge in [0, 0.05) is 51.1 Å². The third-order valence-electron chi connectivity index (χ3n) is 8.16. The zero-order valence-corrected chi connectivity index (χ0v) is 24.2. The standard InChI is InChI=1S/C30H37Cl2N3O4/c1-33(28(37)22-8-4-3-5-9-22)21-24(23-11-12-25(31)26(32)20-23)13-17-34-18-14-30(15-19-34,29(38)39-2)35-16-7-6-10-27(35)36/h3-5,8-9,11-12,20,24H,6-7,10,13-19,21H2,1-2H3/t24-/m0/s1. The zero-order chi connectivity index (χ0) is 28.0. The van der Waals surface area contributed by atoms with E-state index in [-0.39, 0.29) is 23.7 Å². The summed E-state index contributed by atoms with van der Waals surface area (Å²) in [6.07, 6.45) is 4.16. The van der Waals surface area contributed by atoms with Gasteiger partial charge in [-0.25, -0.2) is 4.79 Å². The van der Waals surface area contributed by atoms with Gasteiger partial charge in [0.25, 0.3) is 5.91 Å². The number of piperidine rings is 2. The first-order chi connectivity index (χ1) is 18.7. The molecule has 2 aromatic rings. The molecule has 0 bridgehead atoms. The molecule has 1 atom stereocenters. The Morgan fingerprint density at radius 2 is 1.74 bits per heavy atom. The maximum atomic E-state index is 13.1. The van der Waals surface area contributed by atoms with Crippen LogP contribution in [-0.2, 0) is 14.3 Å². The van der Waals surface area contributed by atoms with Gasteiger partial charge in [-0.3, -0.25) is 9.59 Å². The minimum atomic E-state index is -0.881. The second kappa shape index (κ2) is 13.2. The van der Waals surface area contributed by atoms with Crippen LogP contribution in [0.15, 0.2) is 48.5 Å². The van der Waals surface area contributed by atoms with E-state index in [4.69, 9.17) is 27.9 Å². The Labute approximate surface area is 241 Å². The largest absolute Gasteiger partial charge is 0.467 e. The molecule has 2 heterocycles. The SMILES string of the molecule is COC(=O)C1(N2CCCCC2=O)CCN(CC[C@@H](CN(C)C(=O)c2ccccc2)c2ccc(Cl)c(Cl)c2)CC1. The Balaban J connectivity index is 1.45. The van der Waals surface area contributed by atoms with Crippen molar-refractivity contribution < 1.29 is 19.1 Å². The van der Waals surface area contributed by atoms with Crippen LogP contribution < -0.4 is 0 Å². The molecule has 2 aliphatic rings. The summed E-state index contributed by atoms with van der Waals surface area (Å²) in [5.74, 6) is -0.265. The molecule has 0 spiro atoms. The van der Waals surface area contributed by atoms with Gasteiger partial charge < -0.3 is 19.4 Å². The van der Waals surface area contributed by atoms with Crippen LogP contribution in [0.5, 0.6) is 0 Å². The number of carbonyl (C=O) groups excluding carboxylic acids is 3. The molecule has 0 aliphatic carbocycles. The maximum Gasteiger partial charge on any atom is 0.331 e. The van der Waals surface area contributed by atoms with Crippen molar-refractivity contribution >= 4 is 41.0 Å². The highest BCUT2D eigenvalue weighted by Crippen LogP contribution is 2.35. The van der Waals surface area contributed by atoms with E-state index in [2.05, 4.69) is 4.90 Å². The van der Waals surface area contributed by atoms with Crippen LogP contribution in [0, 0.1) is 0 Å². The van der Waals surface area contributed by atoms with Crippen molar-refractivity contribution in [2.24, 2.45) is 0 Å². The van der Waals surface area contributed by atoms with E-state index in [1.54, 1.807) is 15.9 Å². The predicted molar refractivity (Wildman–Crippen MR) is 153 cm³/mol. The smallest absolute Gasteiger partial charge is 0.331 e. The van der Waals surface area contributed by atoms with E-state index in [9.17, 15) is 14.4 Å². The van der Waals surface area contributed by atoms with Gasteiger partial charge in [-0.1, -0.05) is 47.5 Å². The van der Waals surface area contributed by atoms with Crippen LogP contribution in [0.3, 0.4) is 0 Å². The lowest BCUT2D eigenvalue weighted by Gasteiger charge is -2.48. The Morgan fingerprint density at radius 3 is 2.38 bits per heavy atom. The molecule has 2 saturated heterocycles. The summed E-state index contributed by atoms with van der Waals surface area (Å²) in [6.45, 7) is 3.28. The normalized spacial score (nSPS) is 18.5. The molecule has 2 fully saturated rings. The van der Waals surface area contributed by atoms with Crippen molar-refractivity contribution in [1.29, 1.82) is 0 Å². The van der Waals surface area contributed by atoms with Gasteiger partial charge >= 0.3 is 5.97 Å². The first-order valence-corrected chi connectivity index (χ1v) is 14.4. The fourth-order valence-electron chi connectivity index (χ4n) is 5.86. The zero-order valence-electron chi connectivity index (χ0n) is 22.7. The number of methoxy groups -OCH3 is 1. The summed E-state index contributed by atoms with van der Waals surface area (Å²) >= 11 is 12.6. The molecule has 4 rings (SSSR count). The lowest BCUT2D eigenvalue weighted by atomic mass is 9.83. The van der Waals surface area contributed by atoms with E-state index in [1.807, 2.05) is 49.5 Å². The third-order valence-corrected chi connectivity index (χ3v) is 8.90. The number of benzene rings is 2. The Kier molecular flexibility index (Phi) is 9.91. The van der Waals surface area contributed by atoms with Crippen LogP contribution in [0.1, 0.15) is 60.4 Å². The van der Waals surface area contributed by atoms with E-state index in [0.717, 1.165) is 31.4 Å². The van der Waals surface area contributed by atoms with Crippen molar-refractivity contribution in [1.82, 2.24) is 14.7 Å². The highest BCUT2D eigenvalue weighted by molar-refractivity contribution is 6.42. The molecular formula is C30H37Cl2N3O4. The molecule has 9 heteroatoms. The number of likely N-dealkylation sites (N-methyl/N-ethyl adjacent to an activating group) is 1. The fraction of sp³-hybridized carbons (Fsp3) is 0.500. The lowest BCUT2D eigenvalue weighted by molar-refractivity contribution is -0.167. The molecule has 2 aromatic carbocycles. The number of halogens is 2. The summed E-state index contributed by atoms with van der Waals surface area (Å²) in [4.78, 5) is 44.6. The Hall–Kier alpha value is -2.61. The van der Waals surface area contributed by atoms with Crippen molar-refractivity contribution in [3.63, 3.8) is 0 Å². The molecule has 0 aromatic heterocycles. The van der Waals surface area contributed by atoms with E-state index >= 15 is 0 Å². The van der Waals surface area contributed by atoms with Crippen LogP contribution in [0.25, 0.3) is 0 Å². The minimum absolute atomic E-state index is 0.0345. The van der Waals surface area contributed by atoms with Crippen molar-refractivity contribution in [2.75, 3.05) is 46.9 Å². The van der Waals surface area contributed by atoms with Gasteiger partial charge in [0.15, 0.2) is 0 Å². The van der Waals surface area contributed by atoms with Gasteiger partial charge in [0.2, 0.25) is 5.91 Å². The quantitative estimate of drug-likeness (QED) is 0.383. The average Bonchev–Trinajstić information content (AvgIpc) is 2.96. The van der Waals surface area contributed by atoms with Crippen molar-refractivity contribution in [2.45, 2.75) is 50.0 Å². The molecule has 210 valence electrons. The van der Waals surface area contributed by atoms with Crippen molar-refractivity contribution in [3.05, 3.63) is 69.7 Å². The van der Waals surface area contributed by atoms with Crippen LogP contribution >= 0.6 is 23.2 Å². The number of carbonyl (C=O) groups is 3.